The van der Waals surface area contributed by atoms with Crippen molar-refractivity contribution in [1.82, 2.24) is 10.2 Å². The average Bonchev–Trinajstić information content (AvgIpc) is 3.19. The number of carbonyl (C=O) groups excluding carboxylic acids is 1. The van der Waals surface area contributed by atoms with E-state index < -0.39 is 0 Å². The van der Waals surface area contributed by atoms with Gasteiger partial charge in [0.25, 0.3) is 0 Å². The lowest BCUT2D eigenvalue weighted by Crippen LogP contribution is -2.39. The van der Waals surface area contributed by atoms with E-state index in [4.69, 9.17) is 4.42 Å². The molecule has 1 fully saturated rings. The SMILES string of the molecule is CN(CC(=O)NC1CCCC1)Cc1ccc(-c2ccc(Br)cc2)o1. The van der Waals surface area contributed by atoms with Crippen molar-refractivity contribution in [3.05, 3.63) is 46.6 Å². The van der Waals surface area contributed by atoms with E-state index in [0.717, 1.165) is 34.4 Å². The molecule has 1 aromatic carbocycles. The van der Waals surface area contributed by atoms with Gasteiger partial charge >= 0.3 is 0 Å². The number of benzene rings is 1. The van der Waals surface area contributed by atoms with Crippen LogP contribution in [0.15, 0.2) is 45.3 Å². The molecule has 0 spiro atoms. The van der Waals surface area contributed by atoms with Gasteiger partial charge in [0, 0.05) is 16.1 Å². The van der Waals surface area contributed by atoms with Gasteiger partial charge in [0.2, 0.25) is 5.91 Å². The number of amides is 1. The Kier molecular flexibility index (Phi) is 5.74. The molecule has 4 nitrogen and oxygen atoms in total. The molecule has 1 aliphatic carbocycles. The summed E-state index contributed by atoms with van der Waals surface area (Å²) in [4.78, 5) is 14.1. The zero-order valence-electron chi connectivity index (χ0n) is 13.9. The number of hydrogen-bond donors (Lipinski definition) is 1. The summed E-state index contributed by atoms with van der Waals surface area (Å²) >= 11 is 3.43. The molecule has 0 aliphatic heterocycles. The van der Waals surface area contributed by atoms with Gasteiger partial charge in [0.15, 0.2) is 0 Å². The lowest BCUT2D eigenvalue weighted by atomic mass is 10.2. The minimum atomic E-state index is 0.101. The minimum absolute atomic E-state index is 0.101. The first-order valence-electron chi connectivity index (χ1n) is 8.43. The summed E-state index contributed by atoms with van der Waals surface area (Å²) in [6, 6.07) is 12.4. The van der Waals surface area contributed by atoms with Crippen molar-refractivity contribution in [2.24, 2.45) is 0 Å². The molecule has 1 N–H and O–H groups in total. The van der Waals surface area contributed by atoms with E-state index in [0.29, 0.717) is 19.1 Å². The molecule has 0 saturated heterocycles. The van der Waals surface area contributed by atoms with Crippen LogP contribution >= 0.6 is 15.9 Å². The molecule has 1 aromatic heterocycles. The van der Waals surface area contributed by atoms with Crippen LogP contribution in [-0.4, -0.2) is 30.4 Å². The fourth-order valence-electron chi connectivity index (χ4n) is 3.14. The van der Waals surface area contributed by atoms with E-state index >= 15 is 0 Å². The molecule has 0 radical (unpaired) electrons. The quantitative estimate of drug-likeness (QED) is 0.803. The van der Waals surface area contributed by atoms with Gasteiger partial charge in [-0.15, -0.1) is 0 Å². The summed E-state index contributed by atoms with van der Waals surface area (Å²) in [5.41, 5.74) is 1.05. The van der Waals surface area contributed by atoms with Gasteiger partial charge in [-0.05, 0) is 44.2 Å². The van der Waals surface area contributed by atoms with Gasteiger partial charge in [0.1, 0.15) is 11.5 Å². The fraction of sp³-hybridized carbons (Fsp3) is 0.421. The Morgan fingerprint density at radius 1 is 1.21 bits per heavy atom. The minimum Gasteiger partial charge on any atom is -0.460 e. The second-order valence-electron chi connectivity index (χ2n) is 6.49. The average molecular weight is 391 g/mol. The van der Waals surface area contributed by atoms with E-state index in [1.807, 2.05) is 48.3 Å². The Labute approximate surface area is 151 Å². The summed E-state index contributed by atoms with van der Waals surface area (Å²) in [5.74, 6) is 1.81. The number of halogens is 1. The van der Waals surface area contributed by atoms with Gasteiger partial charge in [0.05, 0.1) is 13.1 Å². The Hall–Kier alpha value is -1.59. The predicted molar refractivity (Wildman–Crippen MR) is 98.6 cm³/mol. The topological polar surface area (TPSA) is 45.5 Å². The second-order valence-corrected chi connectivity index (χ2v) is 7.41. The first-order valence-corrected chi connectivity index (χ1v) is 9.22. The molecular formula is C19H23BrN2O2. The van der Waals surface area contributed by atoms with E-state index in [2.05, 4.69) is 21.2 Å². The molecule has 1 amide bonds. The summed E-state index contributed by atoms with van der Waals surface area (Å²) in [5, 5.41) is 3.12. The zero-order valence-corrected chi connectivity index (χ0v) is 15.5. The van der Waals surface area contributed by atoms with Crippen LogP contribution < -0.4 is 5.32 Å². The van der Waals surface area contributed by atoms with Crippen LogP contribution in [0.25, 0.3) is 11.3 Å². The van der Waals surface area contributed by atoms with Crippen LogP contribution in [0.5, 0.6) is 0 Å². The van der Waals surface area contributed by atoms with Crippen LogP contribution in [0.1, 0.15) is 31.4 Å². The highest BCUT2D eigenvalue weighted by atomic mass is 79.9. The summed E-state index contributed by atoms with van der Waals surface area (Å²) in [7, 11) is 1.94. The van der Waals surface area contributed by atoms with Crippen molar-refractivity contribution in [2.45, 2.75) is 38.3 Å². The summed E-state index contributed by atoms with van der Waals surface area (Å²) < 4.78 is 6.95. The molecule has 2 aromatic rings. The van der Waals surface area contributed by atoms with Gasteiger partial charge < -0.3 is 9.73 Å². The number of nitrogens with zero attached hydrogens (tertiary/aromatic N) is 1. The smallest absolute Gasteiger partial charge is 0.234 e. The molecule has 1 saturated carbocycles. The first kappa shape index (κ1) is 17.2. The number of furan rings is 1. The number of hydrogen-bond acceptors (Lipinski definition) is 3. The highest BCUT2D eigenvalue weighted by Gasteiger charge is 2.18. The molecular weight excluding hydrogens is 368 g/mol. The Morgan fingerprint density at radius 3 is 2.62 bits per heavy atom. The molecule has 1 heterocycles. The van der Waals surface area contributed by atoms with Gasteiger partial charge in [-0.2, -0.15) is 0 Å². The van der Waals surface area contributed by atoms with Crippen molar-refractivity contribution in [3.8, 4) is 11.3 Å². The maximum absolute atomic E-state index is 12.1. The lowest BCUT2D eigenvalue weighted by Gasteiger charge is -2.17. The highest BCUT2D eigenvalue weighted by molar-refractivity contribution is 9.10. The Bertz CT molecular complexity index is 675. The second kappa shape index (κ2) is 7.99. The maximum Gasteiger partial charge on any atom is 0.234 e. The van der Waals surface area contributed by atoms with Gasteiger partial charge in [-0.25, -0.2) is 0 Å². The molecule has 128 valence electrons. The molecule has 0 atom stereocenters. The first-order chi connectivity index (χ1) is 11.6. The van der Waals surface area contributed by atoms with Crippen LogP contribution in [-0.2, 0) is 11.3 Å². The van der Waals surface area contributed by atoms with E-state index in [1.54, 1.807) is 0 Å². The molecule has 0 bridgehead atoms. The number of rotatable bonds is 6. The van der Waals surface area contributed by atoms with Crippen LogP contribution in [0.3, 0.4) is 0 Å². The fourth-order valence-corrected chi connectivity index (χ4v) is 3.41. The van der Waals surface area contributed by atoms with Crippen molar-refractivity contribution in [2.75, 3.05) is 13.6 Å². The summed E-state index contributed by atoms with van der Waals surface area (Å²) in [6.45, 7) is 1.01. The predicted octanol–water partition coefficient (Wildman–Crippen LogP) is 4.20. The maximum atomic E-state index is 12.1. The third kappa shape index (κ3) is 4.71. The normalized spacial score (nSPS) is 15.1. The molecule has 5 heteroatoms. The highest BCUT2D eigenvalue weighted by Crippen LogP contribution is 2.24. The molecule has 24 heavy (non-hydrogen) atoms. The largest absolute Gasteiger partial charge is 0.460 e. The van der Waals surface area contributed by atoms with Crippen LogP contribution in [0.2, 0.25) is 0 Å². The molecule has 0 unspecified atom stereocenters. The number of nitrogens with one attached hydrogen (secondary N) is 1. The van der Waals surface area contributed by atoms with E-state index in [9.17, 15) is 4.79 Å². The zero-order chi connectivity index (χ0) is 16.9. The van der Waals surface area contributed by atoms with Crippen molar-refractivity contribution in [3.63, 3.8) is 0 Å². The standard InChI is InChI=1S/C19H23BrN2O2/c1-22(13-19(23)21-16-4-2-3-5-16)12-17-10-11-18(24-17)14-6-8-15(20)9-7-14/h6-11,16H,2-5,12-13H2,1H3,(H,21,23). The van der Waals surface area contributed by atoms with E-state index in [-0.39, 0.29) is 5.91 Å². The van der Waals surface area contributed by atoms with Crippen molar-refractivity contribution < 1.29 is 9.21 Å². The van der Waals surface area contributed by atoms with Gasteiger partial charge in [-0.1, -0.05) is 40.9 Å². The number of likely N-dealkylation sites (N-methyl/N-ethyl adjacent to an activating group) is 1. The summed E-state index contributed by atoms with van der Waals surface area (Å²) in [6.07, 6.45) is 4.69. The number of carbonyl (C=O) groups is 1. The monoisotopic (exact) mass is 390 g/mol. The third-order valence-electron chi connectivity index (χ3n) is 4.35. The van der Waals surface area contributed by atoms with Crippen LogP contribution in [0.4, 0.5) is 0 Å². The van der Waals surface area contributed by atoms with Crippen molar-refractivity contribution in [1.29, 1.82) is 0 Å². The molecule has 1 aliphatic rings. The molecule has 3 rings (SSSR count). The van der Waals surface area contributed by atoms with Crippen LogP contribution in [0, 0.1) is 0 Å². The Morgan fingerprint density at radius 2 is 1.92 bits per heavy atom. The lowest BCUT2D eigenvalue weighted by molar-refractivity contribution is -0.122. The van der Waals surface area contributed by atoms with E-state index in [1.165, 1.54) is 12.8 Å². The third-order valence-corrected chi connectivity index (χ3v) is 4.88. The van der Waals surface area contributed by atoms with Gasteiger partial charge in [-0.3, -0.25) is 9.69 Å². The Balaban J connectivity index is 1.52. The van der Waals surface area contributed by atoms with Crippen molar-refractivity contribution >= 4 is 21.8 Å².